The molecule has 0 saturated carbocycles. The molecule has 6 nitrogen and oxygen atoms in total. The molecule has 0 saturated heterocycles. The summed E-state index contributed by atoms with van der Waals surface area (Å²) in [5.74, 6) is 0.338. The van der Waals surface area contributed by atoms with E-state index < -0.39 is 16.1 Å². The number of sulfonamides is 1. The van der Waals surface area contributed by atoms with E-state index in [2.05, 4.69) is 11.4 Å². The SMILES string of the molecule is CCOc1ccc(N([C@H](CC)C(=O)N[C@H](CC)c2ccc(C)c(C)c2)S(C)(=O)=O)cc1. The van der Waals surface area contributed by atoms with Crippen LogP contribution in [0.4, 0.5) is 5.69 Å². The Kier molecular flexibility index (Phi) is 8.51. The van der Waals surface area contributed by atoms with E-state index in [1.807, 2.05) is 46.8 Å². The number of ether oxygens (including phenoxy) is 1. The molecule has 0 fully saturated rings. The summed E-state index contributed by atoms with van der Waals surface area (Å²) in [6.07, 6.45) is 2.17. The van der Waals surface area contributed by atoms with Gasteiger partial charge in [-0.3, -0.25) is 9.10 Å². The summed E-state index contributed by atoms with van der Waals surface area (Å²) in [6.45, 7) is 10.3. The minimum absolute atomic E-state index is 0.192. The maximum atomic E-state index is 13.3. The van der Waals surface area contributed by atoms with Crippen molar-refractivity contribution in [3.05, 3.63) is 59.2 Å². The maximum Gasteiger partial charge on any atom is 0.244 e. The highest BCUT2D eigenvalue weighted by molar-refractivity contribution is 7.92. The molecule has 2 aromatic carbocycles. The number of nitrogens with one attached hydrogen (secondary N) is 1. The second kappa shape index (κ2) is 10.7. The van der Waals surface area contributed by atoms with Crippen LogP contribution in [-0.4, -0.2) is 33.2 Å². The maximum absolute atomic E-state index is 13.3. The molecule has 0 aliphatic rings. The third-order valence-electron chi connectivity index (χ3n) is 5.39. The van der Waals surface area contributed by atoms with Crippen LogP contribution < -0.4 is 14.4 Å². The van der Waals surface area contributed by atoms with Gasteiger partial charge in [-0.25, -0.2) is 8.42 Å². The van der Waals surface area contributed by atoms with Crippen molar-refractivity contribution in [1.82, 2.24) is 5.32 Å². The number of rotatable bonds is 10. The average Bonchev–Trinajstić information content (AvgIpc) is 2.72. The first-order chi connectivity index (χ1) is 14.6. The first-order valence-electron chi connectivity index (χ1n) is 10.7. The van der Waals surface area contributed by atoms with E-state index in [1.165, 1.54) is 9.87 Å². The highest BCUT2D eigenvalue weighted by Gasteiger charge is 2.32. The zero-order valence-electron chi connectivity index (χ0n) is 19.3. The van der Waals surface area contributed by atoms with Gasteiger partial charge in [-0.15, -0.1) is 0 Å². The predicted molar refractivity (Wildman–Crippen MR) is 126 cm³/mol. The molecule has 1 amide bonds. The highest BCUT2D eigenvalue weighted by atomic mass is 32.2. The molecule has 0 aliphatic heterocycles. The third-order valence-corrected chi connectivity index (χ3v) is 6.57. The van der Waals surface area contributed by atoms with Crippen LogP contribution in [-0.2, 0) is 14.8 Å². The second-order valence-electron chi connectivity index (χ2n) is 7.72. The largest absolute Gasteiger partial charge is 0.494 e. The van der Waals surface area contributed by atoms with E-state index in [0.29, 0.717) is 30.9 Å². The number of carbonyl (C=O) groups excluding carboxylic acids is 1. The second-order valence-corrected chi connectivity index (χ2v) is 9.58. The van der Waals surface area contributed by atoms with Crippen molar-refractivity contribution < 1.29 is 17.9 Å². The minimum atomic E-state index is -3.69. The normalized spacial score (nSPS) is 13.4. The van der Waals surface area contributed by atoms with Gasteiger partial charge in [-0.05, 0) is 74.6 Å². The summed E-state index contributed by atoms with van der Waals surface area (Å²) >= 11 is 0. The van der Waals surface area contributed by atoms with Gasteiger partial charge in [0.1, 0.15) is 11.8 Å². The average molecular weight is 447 g/mol. The Balaban J connectivity index is 2.33. The standard InChI is InChI=1S/C24H34N2O4S/c1-7-22(19-11-10-17(4)18(5)16-19)25-24(27)23(8-2)26(31(6,28)29)20-12-14-21(15-13-20)30-9-3/h10-16,22-23H,7-9H2,1-6H3,(H,25,27)/t22-,23-/m1/s1. The summed E-state index contributed by atoms with van der Waals surface area (Å²) in [5.41, 5.74) is 3.80. The Morgan fingerprint density at radius 1 is 1.00 bits per heavy atom. The lowest BCUT2D eigenvalue weighted by molar-refractivity contribution is -0.123. The Morgan fingerprint density at radius 3 is 2.13 bits per heavy atom. The Bertz CT molecular complexity index is 987. The summed E-state index contributed by atoms with van der Waals surface area (Å²) in [7, 11) is -3.69. The lowest BCUT2D eigenvalue weighted by Gasteiger charge is -2.31. The molecule has 0 spiro atoms. The lowest BCUT2D eigenvalue weighted by Crippen LogP contribution is -2.50. The fraction of sp³-hybridized carbons (Fsp3) is 0.458. The first-order valence-corrected chi connectivity index (χ1v) is 12.6. The zero-order chi connectivity index (χ0) is 23.2. The van der Waals surface area contributed by atoms with Crippen LogP contribution in [0.25, 0.3) is 0 Å². The molecule has 1 N–H and O–H groups in total. The molecular formula is C24H34N2O4S. The number of anilines is 1. The number of benzene rings is 2. The third kappa shape index (κ3) is 6.23. The fourth-order valence-electron chi connectivity index (χ4n) is 3.59. The van der Waals surface area contributed by atoms with Crippen molar-refractivity contribution in [3.63, 3.8) is 0 Å². The smallest absolute Gasteiger partial charge is 0.244 e. The van der Waals surface area contributed by atoms with E-state index in [0.717, 1.165) is 17.4 Å². The van der Waals surface area contributed by atoms with Gasteiger partial charge in [0.15, 0.2) is 0 Å². The fourth-order valence-corrected chi connectivity index (χ4v) is 4.80. The monoisotopic (exact) mass is 446 g/mol. The molecule has 31 heavy (non-hydrogen) atoms. The number of amides is 1. The van der Waals surface area contributed by atoms with Gasteiger partial charge in [0.2, 0.25) is 15.9 Å². The Labute approximate surface area is 186 Å². The summed E-state index contributed by atoms with van der Waals surface area (Å²) in [4.78, 5) is 13.3. The predicted octanol–water partition coefficient (Wildman–Crippen LogP) is 4.51. The van der Waals surface area contributed by atoms with Crippen molar-refractivity contribution in [2.24, 2.45) is 0 Å². The molecule has 2 aromatic rings. The van der Waals surface area contributed by atoms with Crippen molar-refractivity contribution in [2.75, 3.05) is 17.2 Å². The highest BCUT2D eigenvalue weighted by Crippen LogP contribution is 2.26. The van der Waals surface area contributed by atoms with Crippen molar-refractivity contribution >= 4 is 21.6 Å². The molecule has 0 aromatic heterocycles. The summed E-state index contributed by atoms with van der Waals surface area (Å²) in [5, 5.41) is 3.06. The van der Waals surface area contributed by atoms with Crippen LogP contribution in [0.1, 0.15) is 56.3 Å². The van der Waals surface area contributed by atoms with Gasteiger partial charge in [-0.2, -0.15) is 0 Å². The number of nitrogens with zero attached hydrogens (tertiary/aromatic N) is 1. The van der Waals surface area contributed by atoms with E-state index in [9.17, 15) is 13.2 Å². The van der Waals surface area contributed by atoms with Crippen LogP contribution >= 0.6 is 0 Å². The molecular weight excluding hydrogens is 412 g/mol. The van der Waals surface area contributed by atoms with Gasteiger partial charge in [-0.1, -0.05) is 32.0 Å². The van der Waals surface area contributed by atoms with E-state index in [-0.39, 0.29) is 11.9 Å². The molecule has 7 heteroatoms. The van der Waals surface area contributed by atoms with E-state index in [4.69, 9.17) is 4.74 Å². The molecule has 2 rings (SSSR count). The van der Waals surface area contributed by atoms with Gasteiger partial charge in [0.25, 0.3) is 0 Å². The lowest BCUT2D eigenvalue weighted by atomic mass is 9.99. The summed E-state index contributed by atoms with van der Waals surface area (Å²) < 4.78 is 32.0. The molecule has 0 aliphatic carbocycles. The van der Waals surface area contributed by atoms with Crippen LogP contribution in [0.15, 0.2) is 42.5 Å². The number of carbonyl (C=O) groups is 1. The molecule has 170 valence electrons. The van der Waals surface area contributed by atoms with E-state index >= 15 is 0 Å². The van der Waals surface area contributed by atoms with Gasteiger partial charge in [0, 0.05) is 0 Å². The summed E-state index contributed by atoms with van der Waals surface area (Å²) in [6, 6.07) is 11.8. The number of hydrogen-bond acceptors (Lipinski definition) is 4. The molecule has 0 radical (unpaired) electrons. The van der Waals surface area contributed by atoms with Crippen LogP contribution in [0.2, 0.25) is 0 Å². The van der Waals surface area contributed by atoms with Crippen molar-refractivity contribution in [3.8, 4) is 5.75 Å². The van der Waals surface area contributed by atoms with Gasteiger partial charge in [0.05, 0.1) is 24.6 Å². The van der Waals surface area contributed by atoms with Gasteiger partial charge >= 0.3 is 0 Å². The number of aryl methyl sites for hydroxylation is 2. The topological polar surface area (TPSA) is 75.7 Å². The molecule has 0 unspecified atom stereocenters. The number of hydrogen-bond donors (Lipinski definition) is 1. The van der Waals surface area contributed by atoms with Crippen LogP contribution in [0.5, 0.6) is 5.75 Å². The molecule has 0 bridgehead atoms. The zero-order valence-corrected chi connectivity index (χ0v) is 20.1. The quantitative estimate of drug-likeness (QED) is 0.582. The van der Waals surface area contributed by atoms with Crippen LogP contribution in [0.3, 0.4) is 0 Å². The van der Waals surface area contributed by atoms with Crippen molar-refractivity contribution in [1.29, 1.82) is 0 Å². The first kappa shape index (κ1) is 24.7. The van der Waals surface area contributed by atoms with E-state index in [1.54, 1.807) is 24.3 Å². The van der Waals surface area contributed by atoms with Crippen molar-refractivity contribution in [2.45, 2.75) is 59.5 Å². The minimum Gasteiger partial charge on any atom is -0.494 e. The Hall–Kier alpha value is -2.54. The van der Waals surface area contributed by atoms with Gasteiger partial charge < -0.3 is 10.1 Å². The molecule has 0 heterocycles. The Morgan fingerprint density at radius 2 is 1.65 bits per heavy atom. The van der Waals surface area contributed by atoms with Crippen LogP contribution in [0, 0.1) is 13.8 Å². The molecule has 2 atom stereocenters.